The van der Waals surface area contributed by atoms with Gasteiger partial charge in [-0.15, -0.1) is 0 Å². The van der Waals surface area contributed by atoms with Gasteiger partial charge in [-0.25, -0.2) is 9.37 Å². The average Bonchev–Trinajstić information content (AvgIpc) is 2.41. The van der Waals surface area contributed by atoms with Crippen LogP contribution in [-0.2, 0) is 0 Å². The van der Waals surface area contributed by atoms with Gasteiger partial charge in [0.15, 0.2) is 0 Å². The number of hydrogen-bond acceptors (Lipinski definition) is 4. The van der Waals surface area contributed by atoms with Crippen molar-refractivity contribution in [3.05, 3.63) is 53.4 Å². The van der Waals surface area contributed by atoms with Gasteiger partial charge in [-0.1, -0.05) is 12.2 Å². The topological polar surface area (TPSA) is 80.9 Å². The van der Waals surface area contributed by atoms with Crippen molar-refractivity contribution in [1.82, 2.24) is 9.97 Å². The molecular formula is C13H11FN4OS. The number of nitrogens with zero attached hydrogens (tertiary/aromatic N) is 2. The van der Waals surface area contributed by atoms with Gasteiger partial charge in [0, 0.05) is 11.8 Å². The van der Waals surface area contributed by atoms with E-state index >= 15 is 0 Å². The minimum Gasteiger partial charge on any atom is -0.389 e. The van der Waals surface area contributed by atoms with Crippen molar-refractivity contribution in [2.75, 3.05) is 5.32 Å². The average molecular weight is 290 g/mol. The monoisotopic (exact) mass is 290 g/mol. The SMILES string of the molecule is Cc1cnc(C(=O)Nc2ccc(F)cc2C(N)=S)cn1. The van der Waals surface area contributed by atoms with E-state index in [1.165, 1.54) is 30.6 Å². The second-order valence-corrected chi connectivity index (χ2v) is 4.49. The van der Waals surface area contributed by atoms with Crippen molar-refractivity contribution in [3.63, 3.8) is 0 Å². The number of thiocarbonyl (C=S) groups is 1. The van der Waals surface area contributed by atoms with Crippen molar-refractivity contribution >= 4 is 28.8 Å². The number of carbonyl (C=O) groups excluding carboxylic acids is 1. The molecule has 2 rings (SSSR count). The number of aryl methyl sites for hydroxylation is 1. The maximum atomic E-state index is 13.2. The molecule has 1 aromatic heterocycles. The molecule has 0 saturated carbocycles. The van der Waals surface area contributed by atoms with E-state index in [4.69, 9.17) is 18.0 Å². The summed E-state index contributed by atoms with van der Waals surface area (Å²) in [5, 5.41) is 2.58. The molecule has 1 heterocycles. The predicted molar refractivity (Wildman–Crippen MR) is 77.0 cm³/mol. The standard InChI is InChI=1S/C13H11FN4OS/c1-7-5-17-11(6-16-7)13(19)18-10-3-2-8(14)4-9(10)12(15)20/h2-6H,1H3,(H2,15,20)(H,18,19). The molecule has 1 amide bonds. The summed E-state index contributed by atoms with van der Waals surface area (Å²) >= 11 is 4.83. The summed E-state index contributed by atoms with van der Waals surface area (Å²) in [7, 11) is 0. The summed E-state index contributed by atoms with van der Waals surface area (Å²) in [5.41, 5.74) is 6.93. The van der Waals surface area contributed by atoms with Gasteiger partial charge in [0.2, 0.25) is 0 Å². The number of aromatic nitrogens is 2. The summed E-state index contributed by atoms with van der Waals surface area (Å²) in [6, 6.07) is 3.76. The number of nitrogens with one attached hydrogen (secondary N) is 1. The smallest absolute Gasteiger partial charge is 0.275 e. The summed E-state index contributed by atoms with van der Waals surface area (Å²) < 4.78 is 13.2. The zero-order chi connectivity index (χ0) is 14.7. The molecule has 102 valence electrons. The lowest BCUT2D eigenvalue weighted by Crippen LogP contribution is -2.19. The Hall–Kier alpha value is -2.41. The molecule has 0 radical (unpaired) electrons. The van der Waals surface area contributed by atoms with Crippen molar-refractivity contribution in [1.29, 1.82) is 0 Å². The molecule has 0 unspecified atom stereocenters. The molecule has 7 heteroatoms. The Morgan fingerprint density at radius 2 is 2.10 bits per heavy atom. The molecule has 0 saturated heterocycles. The van der Waals surface area contributed by atoms with Crippen LogP contribution in [0.5, 0.6) is 0 Å². The highest BCUT2D eigenvalue weighted by Crippen LogP contribution is 2.17. The van der Waals surface area contributed by atoms with Crippen LogP contribution in [0.3, 0.4) is 0 Å². The van der Waals surface area contributed by atoms with Crippen LogP contribution in [-0.4, -0.2) is 20.9 Å². The number of hydrogen-bond donors (Lipinski definition) is 2. The highest BCUT2D eigenvalue weighted by atomic mass is 32.1. The quantitative estimate of drug-likeness (QED) is 0.843. The number of benzene rings is 1. The zero-order valence-corrected chi connectivity index (χ0v) is 11.4. The van der Waals surface area contributed by atoms with Crippen LogP contribution in [0.15, 0.2) is 30.6 Å². The molecule has 5 nitrogen and oxygen atoms in total. The Balaban J connectivity index is 2.28. The molecular weight excluding hydrogens is 279 g/mol. The van der Waals surface area contributed by atoms with Crippen LogP contribution in [0, 0.1) is 12.7 Å². The van der Waals surface area contributed by atoms with Gasteiger partial charge in [0.1, 0.15) is 16.5 Å². The highest BCUT2D eigenvalue weighted by molar-refractivity contribution is 7.80. The molecule has 0 aliphatic carbocycles. The van der Waals surface area contributed by atoms with Crippen LogP contribution < -0.4 is 11.1 Å². The minimum atomic E-state index is -0.485. The van der Waals surface area contributed by atoms with Gasteiger partial charge < -0.3 is 11.1 Å². The van der Waals surface area contributed by atoms with Gasteiger partial charge in [-0.2, -0.15) is 0 Å². The second-order valence-electron chi connectivity index (χ2n) is 4.05. The number of halogens is 1. The Bertz CT molecular complexity index is 673. The first kappa shape index (κ1) is 14.0. The van der Waals surface area contributed by atoms with E-state index in [0.717, 1.165) is 0 Å². The summed E-state index contributed by atoms with van der Waals surface area (Å²) in [4.78, 5) is 19.9. The fourth-order valence-corrected chi connectivity index (χ4v) is 1.69. The van der Waals surface area contributed by atoms with E-state index < -0.39 is 11.7 Å². The third kappa shape index (κ3) is 3.12. The molecule has 20 heavy (non-hydrogen) atoms. The minimum absolute atomic E-state index is 0.00482. The lowest BCUT2D eigenvalue weighted by atomic mass is 10.1. The first-order valence-electron chi connectivity index (χ1n) is 5.66. The molecule has 0 atom stereocenters. The predicted octanol–water partition coefficient (Wildman–Crippen LogP) is 1.81. The molecule has 0 bridgehead atoms. The Kier molecular flexibility index (Phi) is 3.99. The summed E-state index contributed by atoms with van der Waals surface area (Å²) in [5.74, 6) is -0.956. The maximum Gasteiger partial charge on any atom is 0.275 e. The van der Waals surface area contributed by atoms with Gasteiger partial charge in [0.05, 0.1) is 17.6 Å². The lowest BCUT2D eigenvalue weighted by Gasteiger charge is -2.09. The zero-order valence-electron chi connectivity index (χ0n) is 10.6. The van der Waals surface area contributed by atoms with E-state index in [9.17, 15) is 9.18 Å². The Labute approximate surface area is 120 Å². The Morgan fingerprint density at radius 3 is 2.70 bits per heavy atom. The van der Waals surface area contributed by atoms with Gasteiger partial charge in [-0.3, -0.25) is 9.78 Å². The molecule has 1 aromatic carbocycles. The van der Waals surface area contributed by atoms with E-state index in [2.05, 4.69) is 15.3 Å². The third-order valence-corrected chi connectivity index (χ3v) is 2.73. The third-order valence-electron chi connectivity index (χ3n) is 2.51. The van der Waals surface area contributed by atoms with Crippen LogP contribution in [0.1, 0.15) is 21.7 Å². The molecule has 0 aliphatic rings. The van der Waals surface area contributed by atoms with Crippen molar-refractivity contribution < 1.29 is 9.18 Å². The van der Waals surface area contributed by atoms with Crippen LogP contribution in [0.2, 0.25) is 0 Å². The van der Waals surface area contributed by atoms with E-state index in [1.807, 2.05) is 0 Å². The number of rotatable bonds is 3. The van der Waals surface area contributed by atoms with E-state index in [-0.39, 0.29) is 16.2 Å². The van der Waals surface area contributed by atoms with E-state index in [1.54, 1.807) is 6.92 Å². The van der Waals surface area contributed by atoms with Crippen molar-refractivity contribution in [2.24, 2.45) is 5.73 Å². The van der Waals surface area contributed by atoms with Crippen LogP contribution in [0.4, 0.5) is 10.1 Å². The number of amides is 1. The van der Waals surface area contributed by atoms with Crippen LogP contribution in [0.25, 0.3) is 0 Å². The first-order valence-corrected chi connectivity index (χ1v) is 6.07. The molecule has 0 aliphatic heterocycles. The number of carbonyl (C=O) groups is 1. The molecule has 3 N–H and O–H groups in total. The second kappa shape index (κ2) is 5.70. The summed E-state index contributed by atoms with van der Waals surface area (Å²) in [6.07, 6.45) is 2.84. The number of nitrogens with two attached hydrogens (primary N) is 1. The molecule has 0 spiro atoms. The molecule has 2 aromatic rings. The van der Waals surface area contributed by atoms with E-state index in [0.29, 0.717) is 11.4 Å². The summed E-state index contributed by atoms with van der Waals surface area (Å²) in [6.45, 7) is 1.76. The van der Waals surface area contributed by atoms with Crippen LogP contribution >= 0.6 is 12.2 Å². The van der Waals surface area contributed by atoms with Gasteiger partial charge in [0.25, 0.3) is 5.91 Å². The fraction of sp³-hybridized carbons (Fsp3) is 0.0769. The first-order chi connectivity index (χ1) is 9.47. The van der Waals surface area contributed by atoms with Crippen molar-refractivity contribution in [3.8, 4) is 0 Å². The number of anilines is 1. The highest BCUT2D eigenvalue weighted by Gasteiger charge is 2.12. The largest absolute Gasteiger partial charge is 0.389 e. The van der Waals surface area contributed by atoms with Gasteiger partial charge in [-0.05, 0) is 25.1 Å². The maximum absolute atomic E-state index is 13.2. The van der Waals surface area contributed by atoms with Crippen molar-refractivity contribution in [2.45, 2.75) is 6.92 Å². The Morgan fingerprint density at radius 1 is 1.35 bits per heavy atom. The normalized spacial score (nSPS) is 10.1. The fourth-order valence-electron chi connectivity index (χ4n) is 1.53. The lowest BCUT2D eigenvalue weighted by molar-refractivity contribution is 0.102. The van der Waals surface area contributed by atoms with Gasteiger partial charge >= 0.3 is 0 Å². The molecule has 0 fully saturated rings.